The van der Waals surface area contributed by atoms with E-state index in [-0.39, 0.29) is 0 Å². The number of hydrogen-bond acceptors (Lipinski definition) is 4. The van der Waals surface area contributed by atoms with Crippen LogP contribution >= 0.6 is 0 Å². The summed E-state index contributed by atoms with van der Waals surface area (Å²) in [6, 6.07) is 2.12. The molecule has 1 atom stereocenters. The van der Waals surface area contributed by atoms with Gasteiger partial charge in [-0.05, 0) is 38.5 Å². The predicted molar refractivity (Wildman–Crippen MR) is 78.8 cm³/mol. The Labute approximate surface area is 115 Å². The molecule has 104 valence electrons. The molecule has 1 aliphatic heterocycles. The molecule has 4 nitrogen and oxygen atoms in total. The summed E-state index contributed by atoms with van der Waals surface area (Å²) in [5.74, 6) is 4.55. The summed E-state index contributed by atoms with van der Waals surface area (Å²) in [5.41, 5.74) is 0. The zero-order valence-corrected chi connectivity index (χ0v) is 12.0. The van der Waals surface area contributed by atoms with Crippen molar-refractivity contribution in [2.24, 2.45) is 5.92 Å². The molecule has 1 aliphatic carbocycles. The highest BCUT2D eigenvalue weighted by atomic mass is 15.2. The second-order valence-corrected chi connectivity index (χ2v) is 5.97. The zero-order valence-electron chi connectivity index (χ0n) is 12.0. The van der Waals surface area contributed by atoms with Crippen molar-refractivity contribution in [1.82, 2.24) is 9.97 Å². The van der Waals surface area contributed by atoms with Gasteiger partial charge in [0.2, 0.25) is 0 Å². The fourth-order valence-corrected chi connectivity index (χ4v) is 2.81. The number of piperidine rings is 1. The monoisotopic (exact) mass is 260 g/mol. The normalized spacial score (nSPS) is 23.5. The van der Waals surface area contributed by atoms with Crippen LogP contribution in [-0.2, 0) is 0 Å². The van der Waals surface area contributed by atoms with Gasteiger partial charge in [-0.15, -0.1) is 0 Å². The number of nitrogens with zero attached hydrogens (tertiary/aromatic N) is 3. The highest BCUT2D eigenvalue weighted by Gasteiger charge is 2.28. The van der Waals surface area contributed by atoms with E-state index in [1.165, 1.54) is 25.7 Å². The Morgan fingerprint density at radius 1 is 1.32 bits per heavy atom. The Morgan fingerprint density at radius 3 is 2.84 bits per heavy atom. The summed E-state index contributed by atoms with van der Waals surface area (Å²) in [6.07, 6.45) is 5.13. The first kappa shape index (κ1) is 12.7. The molecule has 4 heteroatoms. The SMILES string of the molecule is CCNc1cc(N2CCCC(C)C2)nc(C2CC2)n1. The Kier molecular flexibility index (Phi) is 3.58. The van der Waals surface area contributed by atoms with Crippen molar-refractivity contribution in [3.8, 4) is 0 Å². The van der Waals surface area contributed by atoms with E-state index in [0.717, 1.165) is 43.0 Å². The third-order valence-electron chi connectivity index (χ3n) is 4.01. The Hall–Kier alpha value is -1.32. The highest BCUT2D eigenvalue weighted by Crippen LogP contribution is 2.39. The molecule has 1 aromatic rings. The van der Waals surface area contributed by atoms with Crippen LogP contribution in [0.2, 0.25) is 0 Å². The number of rotatable bonds is 4. The zero-order chi connectivity index (χ0) is 13.2. The topological polar surface area (TPSA) is 41.0 Å². The van der Waals surface area contributed by atoms with Crippen LogP contribution in [-0.4, -0.2) is 29.6 Å². The number of hydrogen-bond donors (Lipinski definition) is 1. The maximum Gasteiger partial charge on any atom is 0.136 e. The molecule has 0 spiro atoms. The molecular formula is C15H24N4. The van der Waals surface area contributed by atoms with Gasteiger partial charge in [-0.1, -0.05) is 6.92 Å². The van der Waals surface area contributed by atoms with Crippen LogP contribution in [0.25, 0.3) is 0 Å². The van der Waals surface area contributed by atoms with Crippen molar-refractivity contribution in [2.75, 3.05) is 29.9 Å². The molecule has 1 saturated heterocycles. The van der Waals surface area contributed by atoms with E-state index in [2.05, 4.69) is 35.1 Å². The van der Waals surface area contributed by atoms with Crippen LogP contribution in [0.5, 0.6) is 0 Å². The van der Waals surface area contributed by atoms with Crippen molar-refractivity contribution >= 4 is 11.6 Å². The van der Waals surface area contributed by atoms with Gasteiger partial charge in [-0.25, -0.2) is 9.97 Å². The predicted octanol–water partition coefficient (Wildman–Crippen LogP) is 3.02. The molecule has 1 aromatic heterocycles. The van der Waals surface area contributed by atoms with E-state index in [1.54, 1.807) is 0 Å². The fraction of sp³-hybridized carbons (Fsp3) is 0.733. The Bertz CT molecular complexity index is 442. The summed E-state index contributed by atoms with van der Waals surface area (Å²) < 4.78 is 0. The first-order chi connectivity index (χ1) is 9.26. The van der Waals surface area contributed by atoms with Gasteiger partial charge >= 0.3 is 0 Å². The van der Waals surface area contributed by atoms with Gasteiger partial charge < -0.3 is 10.2 Å². The van der Waals surface area contributed by atoms with E-state index >= 15 is 0 Å². The van der Waals surface area contributed by atoms with Gasteiger partial charge in [-0.3, -0.25) is 0 Å². The average molecular weight is 260 g/mol. The molecule has 1 N–H and O–H groups in total. The van der Waals surface area contributed by atoms with Crippen LogP contribution in [0.4, 0.5) is 11.6 Å². The van der Waals surface area contributed by atoms with Crippen molar-refractivity contribution in [2.45, 2.75) is 45.4 Å². The maximum atomic E-state index is 4.81. The van der Waals surface area contributed by atoms with Crippen LogP contribution in [0.1, 0.15) is 51.3 Å². The Balaban J connectivity index is 1.85. The van der Waals surface area contributed by atoms with E-state index in [9.17, 15) is 0 Å². The van der Waals surface area contributed by atoms with Crippen molar-refractivity contribution in [1.29, 1.82) is 0 Å². The molecule has 1 unspecified atom stereocenters. The minimum atomic E-state index is 0.611. The standard InChI is InChI=1S/C15H24N4/c1-3-16-13-9-14(18-15(17-13)12-6-7-12)19-8-4-5-11(2)10-19/h9,11-12H,3-8,10H2,1-2H3,(H,16,17,18). The number of anilines is 2. The number of aromatic nitrogens is 2. The third kappa shape index (κ3) is 2.99. The van der Waals surface area contributed by atoms with Gasteiger partial charge in [0.25, 0.3) is 0 Å². The minimum absolute atomic E-state index is 0.611. The van der Waals surface area contributed by atoms with Gasteiger partial charge in [0.1, 0.15) is 17.5 Å². The summed E-state index contributed by atoms with van der Waals surface area (Å²) in [6.45, 7) is 7.63. The molecule has 0 radical (unpaired) electrons. The molecule has 0 aromatic carbocycles. The summed E-state index contributed by atoms with van der Waals surface area (Å²) >= 11 is 0. The lowest BCUT2D eigenvalue weighted by atomic mass is 10.0. The molecule has 2 heterocycles. The van der Waals surface area contributed by atoms with E-state index in [4.69, 9.17) is 4.98 Å². The first-order valence-corrected chi connectivity index (χ1v) is 7.64. The van der Waals surface area contributed by atoms with Crippen LogP contribution < -0.4 is 10.2 Å². The smallest absolute Gasteiger partial charge is 0.136 e. The molecule has 0 bridgehead atoms. The van der Waals surface area contributed by atoms with Crippen molar-refractivity contribution < 1.29 is 0 Å². The molecule has 19 heavy (non-hydrogen) atoms. The maximum absolute atomic E-state index is 4.81. The molecule has 1 saturated carbocycles. The molecule has 0 amide bonds. The van der Waals surface area contributed by atoms with E-state index < -0.39 is 0 Å². The van der Waals surface area contributed by atoms with Crippen molar-refractivity contribution in [3.05, 3.63) is 11.9 Å². The lowest BCUT2D eigenvalue weighted by molar-refractivity contribution is 0.444. The van der Waals surface area contributed by atoms with Crippen LogP contribution in [0.3, 0.4) is 0 Å². The van der Waals surface area contributed by atoms with Crippen LogP contribution in [0.15, 0.2) is 6.07 Å². The quantitative estimate of drug-likeness (QED) is 0.903. The first-order valence-electron chi connectivity index (χ1n) is 7.64. The molecule has 2 fully saturated rings. The molecular weight excluding hydrogens is 236 g/mol. The largest absolute Gasteiger partial charge is 0.370 e. The summed E-state index contributed by atoms with van der Waals surface area (Å²) in [5, 5.41) is 3.34. The van der Waals surface area contributed by atoms with Gasteiger partial charge in [0.05, 0.1) is 0 Å². The number of nitrogens with one attached hydrogen (secondary N) is 1. The highest BCUT2D eigenvalue weighted by molar-refractivity contribution is 5.50. The van der Waals surface area contributed by atoms with Gasteiger partial charge in [-0.2, -0.15) is 0 Å². The molecule has 3 rings (SSSR count). The second kappa shape index (κ2) is 5.35. The lowest BCUT2D eigenvalue weighted by Gasteiger charge is -2.32. The third-order valence-corrected chi connectivity index (χ3v) is 4.01. The summed E-state index contributed by atoms with van der Waals surface area (Å²) in [4.78, 5) is 11.9. The van der Waals surface area contributed by atoms with Gasteiger partial charge in [0, 0.05) is 31.6 Å². The lowest BCUT2D eigenvalue weighted by Crippen LogP contribution is -2.35. The minimum Gasteiger partial charge on any atom is -0.370 e. The van der Waals surface area contributed by atoms with E-state index in [0.29, 0.717) is 5.92 Å². The average Bonchev–Trinajstić information content (AvgIpc) is 3.23. The Morgan fingerprint density at radius 2 is 2.16 bits per heavy atom. The fourth-order valence-electron chi connectivity index (χ4n) is 2.81. The second-order valence-electron chi connectivity index (χ2n) is 5.97. The molecule has 2 aliphatic rings. The van der Waals surface area contributed by atoms with Gasteiger partial charge in [0.15, 0.2) is 0 Å². The van der Waals surface area contributed by atoms with Crippen LogP contribution in [0, 0.1) is 5.92 Å². The van der Waals surface area contributed by atoms with E-state index in [1.807, 2.05) is 0 Å². The van der Waals surface area contributed by atoms with Crippen molar-refractivity contribution in [3.63, 3.8) is 0 Å². The summed E-state index contributed by atoms with van der Waals surface area (Å²) in [7, 11) is 0.